The van der Waals surface area contributed by atoms with Gasteiger partial charge in [0.25, 0.3) is 5.91 Å². The number of ether oxygens (including phenoxy) is 2. The fourth-order valence-electron chi connectivity index (χ4n) is 2.95. The Morgan fingerprint density at radius 1 is 1.32 bits per heavy atom. The molecule has 0 saturated carbocycles. The lowest BCUT2D eigenvalue weighted by Gasteiger charge is -2.25. The molecule has 1 N–H and O–H groups in total. The SMILES string of the molecule is O=C(COc1ccc(Cl)c2cccnc12)Nc1nc(CN2CCOCC2)cs1. The summed E-state index contributed by atoms with van der Waals surface area (Å²) in [4.78, 5) is 23.3. The van der Waals surface area contributed by atoms with E-state index in [1.54, 1.807) is 18.3 Å². The number of carbonyl (C=O) groups excluding carboxylic acids is 1. The summed E-state index contributed by atoms with van der Waals surface area (Å²) in [5.74, 6) is 0.244. The topological polar surface area (TPSA) is 76.6 Å². The monoisotopic (exact) mass is 418 g/mol. The normalized spacial score (nSPS) is 14.9. The summed E-state index contributed by atoms with van der Waals surface area (Å²) in [5.41, 5.74) is 1.57. The molecule has 1 aliphatic heterocycles. The third kappa shape index (κ3) is 4.59. The summed E-state index contributed by atoms with van der Waals surface area (Å²) in [7, 11) is 0. The van der Waals surface area contributed by atoms with Crippen LogP contribution in [0.2, 0.25) is 5.02 Å². The second kappa shape index (κ2) is 8.83. The molecule has 3 aromatic rings. The summed E-state index contributed by atoms with van der Waals surface area (Å²) < 4.78 is 11.0. The highest BCUT2D eigenvalue weighted by Crippen LogP contribution is 2.29. The van der Waals surface area contributed by atoms with Crippen molar-refractivity contribution >= 4 is 44.9 Å². The number of pyridine rings is 1. The van der Waals surface area contributed by atoms with Crippen molar-refractivity contribution in [1.82, 2.24) is 14.9 Å². The molecule has 3 heterocycles. The molecule has 0 aliphatic carbocycles. The van der Waals surface area contributed by atoms with E-state index < -0.39 is 0 Å². The number of fused-ring (bicyclic) bond motifs is 1. The minimum Gasteiger partial charge on any atom is -0.481 e. The van der Waals surface area contributed by atoms with Crippen molar-refractivity contribution in [2.24, 2.45) is 0 Å². The highest BCUT2D eigenvalue weighted by atomic mass is 35.5. The number of benzene rings is 1. The van der Waals surface area contributed by atoms with Crippen molar-refractivity contribution in [2.75, 3.05) is 38.2 Å². The molecular formula is C19H19ClN4O3S. The molecule has 0 radical (unpaired) electrons. The molecule has 1 aliphatic rings. The molecule has 0 unspecified atom stereocenters. The van der Waals surface area contributed by atoms with Crippen LogP contribution >= 0.6 is 22.9 Å². The largest absolute Gasteiger partial charge is 0.481 e. The van der Waals surface area contributed by atoms with Crippen LogP contribution in [0.25, 0.3) is 10.9 Å². The van der Waals surface area contributed by atoms with Gasteiger partial charge in [0.15, 0.2) is 11.7 Å². The zero-order valence-electron chi connectivity index (χ0n) is 15.1. The number of thiazole rings is 1. The molecule has 1 amide bonds. The smallest absolute Gasteiger partial charge is 0.264 e. The molecule has 2 aromatic heterocycles. The number of amides is 1. The molecule has 1 saturated heterocycles. The molecule has 0 bridgehead atoms. The van der Waals surface area contributed by atoms with Gasteiger partial charge in [-0.25, -0.2) is 4.98 Å². The second-order valence-corrected chi connectivity index (χ2v) is 7.58. The number of carbonyl (C=O) groups is 1. The molecule has 1 aromatic carbocycles. The fourth-order valence-corrected chi connectivity index (χ4v) is 3.89. The van der Waals surface area contributed by atoms with Crippen molar-refractivity contribution in [2.45, 2.75) is 6.54 Å². The standard InChI is InChI=1S/C19H19ClN4O3S/c20-15-3-4-16(18-14(15)2-1-5-21-18)27-11-17(25)23-19-22-13(12-28-19)10-24-6-8-26-9-7-24/h1-5,12H,6-11H2,(H,22,23,25). The summed E-state index contributed by atoms with van der Waals surface area (Å²) in [6.45, 7) is 3.92. The molecule has 9 heteroatoms. The lowest BCUT2D eigenvalue weighted by atomic mass is 10.2. The zero-order valence-corrected chi connectivity index (χ0v) is 16.6. The van der Waals surface area contributed by atoms with Crippen molar-refractivity contribution in [3.63, 3.8) is 0 Å². The van der Waals surface area contributed by atoms with Crippen LogP contribution in [-0.2, 0) is 16.1 Å². The van der Waals surface area contributed by atoms with Gasteiger partial charge in [0.05, 0.1) is 23.9 Å². The Morgan fingerprint density at radius 3 is 3.04 bits per heavy atom. The van der Waals surface area contributed by atoms with E-state index >= 15 is 0 Å². The first-order valence-corrected chi connectivity index (χ1v) is 10.2. The van der Waals surface area contributed by atoms with Crippen molar-refractivity contribution in [1.29, 1.82) is 0 Å². The molecule has 28 heavy (non-hydrogen) atoms. The Bertz CT molecular complexity index is 975. The van der Waals surface area contributed by atoms with Gasteiger partial charge >= 0.3 is 0 Å². The molecule has 0 spiro atoms. The molecule has 4 rings (SSSR count). The van der Waals surface area contributed by atoms with Gasteiger partial charge in [0, 0.05) is 36.6 Å². The number of nitrogens with one attached hydrogen (secondary N) is 1. The maximum atomic E-state index is 12.2. The van der Waals surface area contributed by atoms with Crippen molar-refractivity contribution in [3.05, 3.63) is 46.6 Å². The maximum absolute atomic E-state index is 12.2. The van der Waals surface area contributed by atoms with E-state index in [2.05, 4.69) is 20.2 Å². The lowest BCUT2D eigenvalue weighted by Crippen LogP contribution is -2.35. The molecule has 0 atom stereocenters. The highest BCUT2D eigenvalue weighted by Gasteiger charge is 2.14. The van der Waals surface area contributed by atoms with Gasteiger partial charge < -0.3 is 9.47 Å². The third-order valence-electron chi connectivity index (χ3n) is 4.33. The fraction of sp³-hybridized carbons (Fsp3) is 0.316. The first kappa shape index (κ1) is 19.1. The van der Waals surface area contributed by atoms with E-state index in [1.165, 1.54) is 11.3 Å². The number of rotatable bonds is 6. The van der Waals surface area contributed by atoms with Crippen LogP contribution in [0.4, 0.5) is 5.13 Å². The Balaban J connectivity index is 1.33. The Hall–Kier alpha value is -2.26. The lowest BCUT2D eigenvalue weighted by molar-refractivity contribution is -0.118. The van der Waals surface area contributed by atoms with Crippen LogP contribution in [0.5, 0.6) is 5.75 Å². The summed E-state index contributed by atoms with van der Waals surface area (Å²) in [6.07, 6.45) is 1.66. The van der Waals surface area contributed by atoms with Crippen LogP contribution in [0.15, 0.2) is 35.8 Å². The Morgan fingerprint density at radius 2 is 2.18 bits per heavy atom. The number of hydrogen-bond acceptors (Lipinski definition) is 7. The van der Waals surface area contributed by atoms with Crippen LogP contribution in [0.1, 0.15) is 5.69 Å². The number of halogens is 1. The predicted octanol–water partition coefficient (Wildman–Crippen LogP) is 3.19. The Labute approximate surface area is 171 Å². The van der Waals surface area contributed by atoms with Gasteiger partial charge in [-0.15, -0.1) is 11.3 Å². The minimum absolute atomic E-state index is 0.133. The number of nitrogens with zero attached hydrogens (tertiary/aromatic N) is 3. The van der Waals surface area contributed by atoms with E-state index in [0.717, 1.165) is 43.9 Å². The van der Waals surface area contributed by atoms with Gasteiger partial charge in [-0.05, 0) is 24.3 Å². The van der Waals surface area contributed by atoms with Gasteiger partial charge in [0.1, 0.15) is 11.3 Å². The number of aromatic nitrogens is 2. The van der Waals surface area contributed by atoms with Gasteiger partial charge in [-0.1, -0.05) is 11.6 Å². The number of morpholine rings is 1. The minimum atomic E-state index is -0.272. The molecule has 7 nitrogen and oxygen atoms in total. The quantitative estimate of drug-likeness (QED) is 0.662. The van der Waals surface area contributed by atoms with E-state index in [1.807, 2.05) is 17.5 Å². The van der Waals surface area contributed by atoms with E-state index in [-0.39, 0.29) is 12.5 Å². The summed E-state index contributed by atoms with van der Waals surface area (Å²) in [5, 5.41) is 6.69. The van der Waals surface area contributed by atoms with E-state index in [4.69, 9.17) is 21.1 Å². The summed E-state index contributed by atoms with van der Waals surface area (Å²) >= 11 is 7.59. The van der Waals surface area contributed by atoms with Crippen molar-refractivity contribution < 1.29 is 14.3 Å². The van der Waals surface area contributed by atoms with E-state index in [9.17, 15) is 4.79 Å². The van der Waals surface area contributed by atoms with Gasteiger partial charge in [0.2, 0.25) is 0 Å². The second-order valence-electron chi connectivity index (χ2n) is 6.31. The molecule has 1 fully saturated rings. The average Bonchev–Trinajstić information content (AvgIpc) is 3.15. The van der Waals surface area contributed by atoms with E-state index in [0.29, 0.717) is 21.4 Å². The van der Waals surface area contributed by atoms with Crippen LogP contribution in [0.3, 0.4) is 0 Å². The van der Waals surface area contributed by atoms with Gasteiger partial charge in [-0.2, -0.15) is 0 Å². The highest BCUT2D eigenvalue weighted by molar-refractivity contribution is 7.13. The average molecular weight is 419 g/mol. The van der Waals surface area contributed by atoms with Crippen molar-refractivity contribution in [3.8, 4) is 5.75 Å². The number of anilines is 1. The van der Waals surface area contributed by atoms with Crippen LogP contribution in [-0.4, -0.2) is 53.7 Å². The van der Waals surface area contributed by atoms with Crippen LogP contribution < -0.4 is 10.1 Å². The summed E-state index contributed by atoms with van der Waals surface area (Å²) in [6, 6.07) is 7.12. The zero-order chi connectivity index (χ0) is 19.3. The molecule has 146 valence electrons. The van der Waals surface area contributed by atoms with Gasteiger partial charge in [-0.3, -0.25) is 20.0 Å². The maximum Gasteiger partial charge on any atom is 0.264 e. The first-order chi connectivity index (χ1) is 13.7. The number of hydrogen-bond donors (Lipinski definition) is 1. The molecular weight excluding hydrogens is 400 g/mol. The third-order valence-corrected chi connectivity index (χ3v) is 5.46. The predicted molar refractivity (Wildman–Crippen MR) is 109 cm³/mol. The Kier molecular flexibility index (Phi) is 6.01. The first-order valence-electron chi connectivity index (χ1n) is 8.89. The van der Waals surface area contributed by atoms with Crippen LogP contribution in [0, 0.1) is 0 Å².